The zero-order chi connectivity index (χ0) is 9.35. The molecule has 0 radical (unpaired) electrons. The van der Waals surface area contributed by atoms with Crippen LogP contribution in [-0.4, -0.2) is 18.2 Å². The van der Waals surface area contributed by atoms with Crippen molar-refractivity contribution >= 4 is 5.97 Å². The third-order valence-corrected chi connectivity index (χ3v) is 2.16. The van der Waals surface area contributed by atoms with Gasteiger partial charge in [-0.1, -0.05) is 20.8 Å². The van der Waals surface area contributed by atoms with Crippen molar-refractivity contribution in [2.45, 2.75) is 45.9 Å². The summed E-state index contributed by atoms with van der Waals surface area (Å²) in [5.74, 6) is -0.693. The number of carbonyl (C=O) groups is 1. The number of cyclic esters (lactones) is 1. The zero-order valence-electron chi connectivity index (χ0n) is 7.76. The molecule has 0 aromatic carbocycles. The second-order valence-electron chi connectivity index (χ2n) is 4.34. The van der Waals surface area contributed by atoms with E-state index in [0.29, 0.717) is 12.8 Å². The molecule has 1 aliphatic heterocycles. The summed E-state index contributed by atoms with van der Waals surface area (Å²) in [6.45, 7) is 5.97. The highest BCUT2D eigenvalue weighted by molar-refractivity contribution is 5.75. The summed E-state index contributed by atoms with van der Waals surface area (Å²) < 4.78 is 17.6. The number of alkyl halides is 1. The molecule has 0 aliphatic carbocycles. The monoisotopic (exact) mass is 174 g/mol. The van der Waals surface area contributed by atoms with E-state index >= 15 is 0 Å². The molecule has 70 valence electrons. The van der Waals surface area contributed by atoms with Gasteiger partial charge >= 0.3 is 5.97 Å². The summed E-state index contributed by atoms with van der Waals surface area (Å²) in [5.41, 5.74) is -0.0736. The largest absolute Gasteiger partial charge is 0.460 e. The molecule has 0 bridgehead atoms. The van der Waals surface area contributed by atoms with Gasteiger partial charge in [0.2, 0.25) is 0 Å². The van der Waals surface area contributed by atoms with Crippen LogP contribution in [0.1, 0.15) is 33.6 Å². The highest BCUT2D eigenvalue weighted by Gasteiger charge is 2.36. The first kappa shape index (κ1) is 9.49. The molecule has 0 spiro atoms. The van der Waals surface area contributed by atoms with Crippen LogP contribution < -0.4 is 0 Å². The van der Waals surface area contributed by atoms with E-state index < -0.39 is 12.1 Å². The maximum Gasteiger partial charge on any atom is 0.341 e. The molecule has 2 atom stereocenters. The van der Waals surface area contributed by atoms with E-state index in [9.17, 15) is 9.18 Å². The van der Waals surface area contributed by atoms with Crippen LogP contribution >= 0.6 is 0 Å². The molecule has 0 amide bonds. The molecule has 1 aliphatic rings. The fourth-order valence-electron chi connectivity index (χ4n) is 1.30. The van der Waals surface area contributed by atoms with Crippen LogP contribution in [0.3, 0.4) is 0 Å². The van der Waals surface area contributed by atoms with Gasteiger partial charge in [-0.15, -0.1) is 0 Å². The van der Waals surface area contributed by atoms with Gasteiger partial charge in [0.05, 0.1) is 0 Å². The summed E-state index contributed by atoms with van der Waals surface area (Å²) in [7, 11) is 0. The standard InChI is InChI=1S/C9H15FO2/c1-9(2,3)7-5-4-6(10)8(11)12-7/h6-7H,4-5H2,1-3H3/t6-,7-/m0/s1. The minimum Gasteiger partial charge on any atom is -0.460 e. The first-order valence-corrected chi connectivity index (χ1v) is 4.26. The van der Waals surface area contributed by atoms with E-state index in [0.717, 1.165) is 0 Å². The molecule has 1 rings (SSSR count). The normalized spacial score (nSPS) is 31.5. The predicted octanol–water partition coefficient (Wildman–Crippen LogP) is 2.08. The Hall–Kier alpha value is -0.600. The van der Waals surface area contributed by atoms with Crippen molar-refractivity contribution in [3.63, 3.8) is 0 Å². The Morgan fingerprint density at radius 2 is 2.00 bits per heavy atom. The third-order valence-electron chi connectivity index (χ3n) is 2.16. The minimum absolute atomic E-state index is 0.0736. The summed E-state index contributed by atoms with van der Waals surface area (Å²) in [4.78, 5) is 10.9. The second kappa shape index (κ2) is 3.04. The molecule has 0 aromatic heterocycles. The van der Waals surface area contributed by atoms with Crippen molar-refractivity contribution in [2.75, 3.05) is 0 Å². The van der Waals surface area contributed by atoms with Crippen molar-refractivity contribution < 1.29 is 13.9 Å². The Kier molecular flexibility index (Phi) is 2.40. The van der Waals surface area contributed by atoms with Gasteiger partial charge in [-0.3, -0.25) is 0 Å². The van der Waals surface area contributed by atoms with Crippen molar-refractivity contribution in [1.29, 1.82) is 0 Å². The number of esters is 1. The molecule has 3 heteroatoms. The molecule has 1 fully saturated rings. The Morgan fingerprint density at radius 1 is 1.42 bits per heavy atom. The van der Waals surface area contributed by atoms with Crippen LogP contribution in [0.5, 0.6) is 0 Å². The van der Waals surface area contributed by atoms with Crippen molar-refractivity contribution in [1.82, 2.24) is 0 Å². The fraction of sp³-hybridized carbons (Fsp3) is 0.889. The SMILES string of the molecule is CC(C)(C)[C@@H]1CC[C@H](F)C(=O)O1. The average molecular weight is 174 g/mol. The molecule has 1 saturated heterocycles. The van der Waals surface area contributed by atoms with E-state index in [1.54, 1.807) is 0 Å². The van der Waals surface area contributed by atoms with Crippen LogP contribution in [0.4, 0.5) is 4.39 Å². The lowest BCUT2D eigenvalue weighted by Crippen LogP contribution is -2.39. The number of hydrogen-bond acceptors (Lipinski definition) is 2. The molecule has 12 heavy (non-hydrogen) atoms. The second-order valence-corrected chi connectivity index (χ2v) is 4.34. The first-order chi connectivity index (χ1) is 5.41. The maximum atomic E-state index is 12.7. The van der Waals surface area contributed by atoms with E-state index in [1.807, 2.05) is 20.8 Å². The van der Waals surface area contributed by atoms with Crippen LogP contribution in [0.25, 0.3) is 0 Å². The number of rotatable bonds is 0. The van der Waals surface area contributed by atoms with Gasteiger partial charge in [0.15, 0.2) is 6.17 Å². The van der Waals surface area contributed by atoms with Crippen molar-refractivity contribution in [3.05, 3.63) is 0 Å². The lowest BCUT2D eigenvalue weighted by Gasteiger charge is -2.34. The molecule has 0 saturated carbocycles. The van der Waals surface area contributed by atoms with Crippen LogP contribution in [0.15, 0.2) is 0 Å². The van der Waals surface area contributed by atoms with Gasteiger partial charge in [-0.2, -0.15) is 0 Å². The van der Waals surface area contributed by atoms with E-state index in [-0.39, 0.29) is 11.5 Å². The van der Waals surface area contributed by atoms with Crippen molar-refractivity contribution in [3.8, 4) is 0 Å². The molecular formula is C9H15FO2. The van der Waals surface area contributed by atoms with Crippen LogP contribution in [0.2, 0.25) is 0 Å². The van der Waals surface area contributed by atoms with Gasteiger partial charge in [0.25, 0.3) is 0 Å². The van der Waals surface area contributed by atoms with E-state index in [2.05, 4.69) is 0 Å². The number of carbonyl (C=O) groups excluding carboxylic acids is 1. The highest BCUT2D eigenvalue weighted by Crippen LogP contribution is 2.30. The molecule has 0 N–H and O–H groups in total. The van der Waals surface area contributed by atoms with E-state index in [4.69, 9.17) is 4.74 Å². The Balaban J connectivity index is 2.57. The number of halogens is 1. The summed E-state index contributed by atoms with van der Waals surface area (Å²) in [6.07, 6.45) is -0.586. The minimum atomic E-state index is -1.40. The highest BCUT2D eigenvalue weighted by atomic mass is 19.1. The molecule has 0 aromatic rings. The van der Waals surface area contributed by atoms with Crippen molar-refractivity contribution in [2.24, 2.45) is 5.41 Å². The molecule has 0 unspecified atom stereocenters. The Labute approximate surface area is 72.1 Å². The summed E-state index contributed by atoms with van der Waals surface area (Å²) in [5, 5.41) is 0. The average Bonchev–Trinajstić information content (AvgIpc) is 1.92. The number of hydrogen-bond donors (Lipinski definition) is 0. The van der Waals surface area contributed by atoms with Gasteiger partial charge in [0.1, 0.15) is 6.10 Å². The maximum absolute atomic E-state index is 12.7. The fourth-order valence-corrected chi connectivity index (χ4v) is 1.30. The lowest BCUT2D eigenvalue weighted by molar-refractivity contribution is -0.168. The molecule has 1 heterocycles. The quantitative estimate of drug-likeness (QED) is 0.525. The van der Waals surface area contributed by atoms with Gasteiger partial charge in [-0.05, 0) is 18.3 Å². The zero-order valence-corrected chi connectivity index (χ0v) is 7.76. The first-order valence-electron chi connectivity index (χ1n) is 4.26. The molecular weight excluding hydrogens is 159 g/mol. The summed E-state index contributed by atoms with van der Waals surface area (Å²) >= 11 is 0. The van der Waals surface area contributed by atoms with Crippen LogP contribution in [-0.2, 0) is 9.53 Å². The van der Waals surface area contributed by atoms with Gasteiger partial charge in [-0.25, -0.2) is 9.18 Å². The smallest absolute Gasteiger partial charge is 0.341 e. The topological polar surface area (TPSA) is 26.3 Å². The molecule has 2 nitrogen and oxygen atoms in total. The number of ether oxygens (including phenoxy) is 1. The summed E-state index contributed by atoms with van der Waals surface area (Å²) in [6, 6.07) is 0. The third kappa shape index (κ3) is 1.96. The Bertz CT molecular complexity index is 183. The van der Waals surface area contributed by atoms with E-state index in [1.165, 1.54) is 0 Å². The Morgan fingerprint density at radius 3 is 2.42 bits per heavy atom. The van der Waals surface area contributed by atoms with Crippen LogP contribution in [0, 0.1) is 5.41 Å². The predicted molar refractivity (Wildman–Crippen MR) is 43.5 cm³/mol. The van der Waals surface area contributed by atoms with Gasteiger partial charge in [0, 0.05) is 0 Å². The van der Waals surface area contributed by atoms with Gasteiger partial charge < -0.3 is 4.74 Å². The lowest BCUT2D eigenvalue weighted by atomic mass is 9.84.